The lowest BCUT2D eigenvalue weighted by molar-refractivity contribution is 0.0697. The highest BCUT2D eigenvalue weighted by molar-refractivity contribution is 7.89. The Morgan fingerprint density at radius 3 is 2.26 bits per heavy atom. The van der Waals surface area contributed by atoms with Crippen molar-refractivity contribution in [2.24, 2.45) is 0 Å². The molecule has 0 radical (unpaired) electrons. The average Bonchev–Trinajstić information content (AvgIpc) is 3.17. The molecule has 0 unspecified atom stereocenters. The number of fused-ring (bicyclic) bond motifs is 1. The number of nitrogens with one attached hydrogen (secondary N) is 1. The number of ether oxygens (including phenoxy) is 2. The van der Waals surface area contributed by atoms with E-state index in [4.69, 9.17) is 9.47 Å². The number of hydrogen-bond donors (Lipinski definition) is 1. The fraction of sp³-hybridized carbons (Fsp3) is 0.300. The number of aromatic nitrogens is 1. The van der Waals surface area contributed by atoms with E-state index in [2.05, 4.69) is 4.98 Å². The Balaban J connectivity index is 1.49. The van der Waals surface area contributed by atoms with Crippen molar-refractivity contribution in [3.05, 3.63) is 51.6 Å². The van der Waals surface area contributed by atoms with Crippen molar-refractivity contribution in [2.75, 3.05) is 40.4 Å². The van der Waals surface area contributed by atoms with E-state index < -0.39 is 10.0 Å². The molecule has 164 valence electrons. The zero-order chi connectivity index (χ0) is 22.2. The second kappa shape index (κ2) is 8.33. The summed E-state index contributed by atoms with van der Waals surface area (Å²) in [5.41, 5.74) is 1.03. The number of aromatic amines is 1. The molecule has 0 aliphatic carbocycles. The van der Waals surface area contributed by atoms with E-state index in [0.717, 1.165) is 11.3 Å². The molecule has 9 nitrogen and oxygen atoms in total. The number of benzene rings is 2. The SMILES string of the molecule is COc1cc(OC)cc(C(=O)N2CCN(S(=O)(=O)c3ccc4[nH]c(=O)sc4c3)CC2)c1. The Kier molecular flexibility index (Phi) is 5.73. The normalized spacial score (nSPS) is 15.2. The summed E-state index contributed by atoms with van der Waals surface area (Å²) in [5.74, 6) is 0.797. The van der Waals surface area contributed by atoms with Gasteiger partial charge in [-0.15, -0.1) is 0 Å². The molecule has 1 N–H and O–H groups in total. The fourth-order valence-corrected chi connectivity index (χ4v) is 5.78. The van der Waals surface area contributed by atoms with Crippen LogP contribution in [0, 0.1) is 0 Å². The van der Waals surface area contributed by atoms with Crippen molar-refractivity contribution in [1.29, 1.82) is 0 Å². The monoisotopic (exact) mass is 463 g/mol. The first-order valence-corrected chi connectivity index (χ1v) is 11.7. The molecule has 0 atom stereocenters. The molecule has 2 aromatic carbocycles. The largest absolute Gasteiger partial charge is 0.497 e. The van der Waals surface area contributed by atoms with Gasteiger partial charge in [0.1, 0.15) is 11.5 Å². The molecule has 1 amide bonds. The third-order valence-corrected chi connectivity index (χ3v) is 7.89. The van der Waals surface area contributed by atoms with Crippen molar-refractivity contribution < 1.29 is 22.7 Å². The summed E-state index contributed by atoms with van der Waals surface area (Å²) in [5, 5.41) is 0. The molecule has 1 aliphatic heterocycles. The molecule has 31 heavy (non-hydrogen) atoms. The zero-order valence-corrected chi connectivity index (χ0v) is 18.6. The molecule has 2 heterocycles. The quantitative estimate of drug-likeness (QED) is 0.618. The minimum atomic E-state index is -3.73. The molecular weight excluding hydrogens is 442 g/mol. The highest BCUT2D eigenvalue weighted by Crippen LogP contribution is 2.26. The summed E-state index contributed by atoms with van der Waals surface area (Å²) >= 11 is 0.969. The molecule has 1 aromatic heterocycles. The summed E-state index contributed by atoms with van der Waals surface area (Å²) < 4.78 is 38.5. The first-order valence-electron chi connectivity index (χ1n) is 9.47. The van der Waals surface area contributed by atoms with E-state index in [1.165, 1.54) is 30.7 Å². The zero-order valence-electron chi connectivity index (χ0n) is 17.0. The topological polar surface area (TPSA) is 109 Å². The number of thiazole rings is 1. The van der Waals surface area contributed by atoms with E-state index in [1.54, 1.807) is 29.2 Å². The van der Waals surface area contributed by atoms with Gasteiger partial charge in [-0.2, -0.15) is 4.31 Å². The average molecular weight is 464 g/mol. The molecule has 1 fully saturated rings. The van der Waals surface area contributed by atoms with Gasteiger partial charge in [0.15, 0.2) is 0 Å². The van der Waals surface area contributed by atoms with Crippen molar-refractivity contribution in [3.63, 3.8) is 0 Å². The van der Waals surface area contributed by atoms with Gasteiger partial charge in [-0.1, -0.05) is 11.3 Å². The van der Waals surface area contributed by atoms with Crippen molar-refractivity contribution in [3.8, 4) is 11.5 Å². The van der Waals surface area contributed by atoms with Gasteiger partial charge < -0.3 is 19.4 Å². The third-order valence-electron chi connectivity index (χ3n) is 5.15. The molecule has 1 saturated heterocycles. The van der Waals surface area contributed by atoms with Crippen LogP contribution in [0.2, 0.25) is 0 Å². The lowest BCUT2D eigenvalue weighted by atomic mass is 10.1. The van der Waals surface area contributed by atoms with Gasteiger partial charge in [-0.05, 0) is 30.3 Å². The van der Waals surface area contributed by atoms with Crippen LogP contribution in [0.5, 0.6) is 11.5 Å². The van der Waals surface area contributed by atoms with Crippen LogP contribution in [0.4, 0.5) is 0 Å². The number of rotatable bonds is 5. The molecular formula is C20H21N3O6S2. The summed E-state index contributed by atoms with van der Waals surface area (Å²) in [4.78, 5) is 28.6. The van der Waals surface area contributed by atoms with Crippen molar-refractivity contribution >= 4 is 37.5 Å². The number of piperazine rings is 1. The first kappa shape index (κ1) is 21.3. The molecule has 0 saturated carbocycles. The van der Waals surface area contributed by atoms with Crippen LogP contribution in [0.3, 0.4) is 0 Å². The molecule has 4 rings (SSSR count). The van der Waals surface area contributed by atoms with Gasteiger partial charge in [0.2, 0.25) is 10.0 Å². The van der Waals surface area contributed by atoms with Gasteiger partial charge in [-0.3, -0.25) is 9.59 Å². The third kappa shape index (κ3) is 4.16. The standard InChI is InChI=1S/C20H21N3O6S2/c1-28-14-9-13(10-15(11-14)29-2)19(24)22-5-7-23(8-6-22)31(26,27)16-3-4-17-18(12-16)30-20(25)21-17/h3-4,9-12H,5-8H2,1-2H3,(H,21,25). The number of hydrogen-bond acceptors (Lipinski definition) is 7. The number of carbonyl (C=O) groups is 1. The lowest BCUT2D eigenvalue weighted by Crippen LogP contribution is -2.50. The Hall–Kier alpha value is -2.89. The predicted molar refractivity (Wildman–Crippen MR) is 117 cm³/mol. The van der Waals surface area contributed by atoms with Crippen LogP contribution in [0.1, 0.15) is 10.4 Å². The van der Waals surface area contributed by atoms with Crippen LogP contribution in [0.15, 0.2) is 46.1 Å². The highest BCUT2D eigenvalue weighted by atomic mass is 32.2. The molecule has 3 aromatic rings. The number of carbonyl (C=O) groups excluding carboxylic acids is 1. The van der Waals surface area contributed by atoms with Crippen molar-refractivity contribution in [1.82, 2.24) is 14.2 Å². The maximum absolute atomic E-state index is 13.1. The van der Waals surface area contributed by atoms with Crippen LogP contribution < -0.4 is 14.3 Å². The Labute approximate surface area is 182 Å². The second-order valence-corrected chi connectivity index (χ2v) is 9.92. The smallest absolute Gasteiger partial charge is 0.305 e. The van der Waals surface area contributed by atoms with Gasteiger partial charge in [0, 0.05) is 37.8 Å². The predicted octanol–water partition coefficient (Wildman–Crippen LogP) is 1.75. The van der Waals surface area contributed by atoms with Crippen LogP contribution in [-0.2, 0) is 10.0 Å². The fourth-order valence-electron chi connectivity index (χ4n) is 3.48. The number of methoxy groups -OCH3 is 2. The summed E-state index contributed by atoms with van der Waals surface area (Å²) in [6.07, 6.45) is 0. The minimum Gasteiger partial charge on any atom is -0.497 e. The van der Waals surface area contributed by atoms with Crippen molar-refractivity contribution in [2.45, 2.75) is 4.90 Å². The van der Waals surface area contributed by atoms with Gasteiger partial charge >= 0.3 is 4.87 Å². The summed E-state index contributed by atoms with van der Waals surface area (Å²) in [6.45, 7) is 0.877. The summed E-state index contributed by atoms with van der Waals surface area (Å²) in [6, 6.07) is 9.53. The maximum Gasteiger partial charge on any atom is 0.305 e. The molecule has 0 bridgehead atoms. The van der Waals surface area contributed by atoms with E-state index in [1.807, 2.05) is 0 Å². The number of nitrogens with zero attached hydrogens (tertiary/aromatic N) is 2. The maximum atomic E-state index is 13.1. The molecule has 11 heteroatoms. The van der Waals surface area contributed by atoms with Crippen LogP contribution in [-0.4, -0.2) is 68.9 Å². The van der Waals surface area contributed by atoms with E-state index in [-0.39, 0.29) is 41.9 Å². The Morgan fingerprint density at radius 2 is 1.65 bits per heavy atom. The van der Waals surface area contributed by atoms with Gasteiger partial charge in [0.05, 0.1) is 29.3 Å². The van der Waals surface area contributed by atoms with Crippen LogP contribution >= 0.6 is 11.3 Å². The number of amides is 1. The molecule has 1 aliphatic rings. The molecule has 0 spiro atoms. The Bertz CT molecular complexity index is 1270. The Morgan fingerprint density at radius 1 is 1.00 bits per heavy atom. The number of H-pyrrole nitrogens is 1. The van der Waals surface area contributed by atoms with Crippen LogP contribution in [0.25, 0.3) is 10.2 Å². The lowest BCUT2D eigenvalue weighted by Gasteiger charge is -2.34. The van der Waals surface area contributed by atoms with E-state index in [9.17, 15) is 18.0 Å². The van der Waals surface area contributed by atoms with Gasteiger partial charge in [0.25, 0.3) is 5.91 Å². The first-order chi connectivity index (χ1) is 14.8. The second-order valence-electron chi connectivity index (χ2n) is 6.97. The number of sulfonamides is 1. The minimum absolute atomic E-state index is 0.132. The highest BCUT2D eigenvalue weighted by Gasteiger charge is 2.31. The van der Waals surface area contributed by atoms with E-state index >= 15 is 0 Å². The van der Waals surface area contributed by atoms with Gasteiger partial charge in [-0.25, -0.2) is 8.42 Å². The van der Waals surface area contributed by atoms with E-state index in [0.29, 0.717) is 27.3 Å². The summed E-state index contributed by atoms with van der Waals surface area (Å²) in [7, 11) is -0.713.